The van der Waals surface area contributed by atoms with Crippen molar-refractivity contribution in [3.63, 3.8) is 0 Å². The minimum absolute atomic E-state index is 0.104. The Hall–Kier alpha value is -3.84. The molecule has 42 heavy (non-hydrogen) atoms. The Labute approximate surface area is 248 Å². The van der Waals surface area contributed by atoms with E-state index in [1.54, 1.807) is 12.3 Å². The SMILES string of the molecule is C[NH+](C)CC[C@@H](CC(=O)C1=Cc2cc3c(nc2C1)CC[C@H](C(C)(C)C)C3)c1ccc(-c2ccc(=O)[nH]c2)cc1.O=CO. The lowest BCUT2D eigenvalue weighted by Gasteiger charge is -2.34. The monoisotopic (exact) mass is 570 g/mol. The second kappa shape index (κ2) is 13.4. The zero-order valence-electron chi connectivity index (χ0n) is 25.5. The second-order valence-corrected chi connectivity index (χ2v) is 13.0. The van der Waals surface area contributed by atoms with Gasteiger partial charge < -0.3 is 15.0 Å². The zero-order chi connectivity index (χ0) is 30.4. The number of Topliss-reactive ketones (excluding diaryl/α,β-unsaturated/α-hetero) is 1. The summed E-state index contributed by atoms with van der Waals surface area (Å²) in [5.41, 5.74) is 9.15. The molecule has 0 bridgehead atoms. The Morgan fingerprint density at radius 3 is 2.43 bits per heavy atom. The Kier molecular flexibility index (Phi) is 9.94. The van der Waals surface area contributed by atoms with E-state index in [1.807, 2.05) is 6.07 Å². The van der Waals surface area contributed by atoms with Crippen LogP contribution in [0.1, 0.15) is 74.0 Å². The Bertz CT molecular complexity index is 1480. The van der Waals surface area contributed by atoms with Crippen LogP contribution >= 0.6 is 0 Å². The van der Waals surface area contributed by atoms with Crippen LogP contribution in [0.2, 0.25) is 0 Å². The van der Waals surface area contributed by atoms with Crippen LogP contribution < -0.4 is 10.5 Å². The summed E-state index contributed by atoms with van der Waals surface area (Å²) in [7, 11) is 4.32. The molecule has 0 aliphatic heterocycles. The number of hydrogen-bond acceptors (Lipinski definition) is 4. The normalized spacial score (nSPS) is 16.5. The molecular formula is C35H44N3O4+. The standard InChI is InChI=1S/C34H41N3O2.CH2O2/c1-34(2,3)29-11-12-30-27(18-29)16-26-17-28(19-31(26)36-30)32(38)20-24(14-15-37(4)5)22-6-8-23(9-7-22)25-10-13-33(39)35-21-25;2-1-3/h6-10,13,16-17,21,24,29H,11-12,14-15,18-20H2,1-5H3,(H,35,39);1H,(H,2,3)/p+1/t24-,29-;/m0./s1. The molecule has 2 aliphatic carbocycles. The summed E-state index contributed by atoms with van der Waals surface area (Å²) in [6, 6.07) is 14.2. The van der Waals surface area contributed by atoms with Crippen LogP contribution in [0.3, 0.4) is 0 Å². The molecule has 7 nitrogen and oxygen atoms in total. The van der Waals surface area contributed by atoms with Gasteiger partial charge in [0.2, 0.25) is 5.56 Å². The average molecular weight is 571 g/mol. The summed E-state index contributed by atoms with van der Waals surface area (Å²) >= 11 is 0. The predicted octanol–water partition coefficient (Wildman–Crippen LogP) is 4.51. The number of fused-ring (bicyclic) bond motifs is 2. The van der Waals surface area contributed by atoms with Gasteiger partial charge in [-0.25, -0.2) is 0 Å². The third kappa shape index (κ3) is 7.71. The first-order valence-electron chi connectivity index (χ1n) is 14.9. The van der Waals surface area contributed by atoms with E-state index in [-0.39, 0.29) is 23.7 Å². The number of nitrogens with one attached hydrogen (secondary N) is 2. The summed E-state index contributed by atoms with van der Waals surface area (Å²) in [6.45, 7) is 7.77. The fourth-order valence-electron chi connectivity index (χ4n) is 6.07. The lowest BCUT2D eigenvalue weighted by Crippen LogP contribution is -3.05. The number of benzene rings is 1. The van der Waals surface area contributed by atoms with Crippen LogP contribution in [0.25, 0.3) is 17.2 Å². The van der Waals surface area contributed by atoms with Crippen LogP contribution in [0.4, 0.5) is 0 Å². The highest BCUT2D eigenvalue weighted by Crippen LogP contribution is 2.39. The van der Waals surface area contributed by atoms with Crippen molar-refractivity contribution >= 4 is 18.3 Å². The summed E-state index contributed by atoms with van der Waals surface area (Å²) in [4.78, 5) is 42.6. The number of hydrogen-bond donors (Lipinski definition) is 3. The lowest BCUT2D eigenvalue weighted by atomic mass is 9.71. The first-order valence-corrected chi connectivity index (χ1v) is 14.9. The summed E-state index contributed by atoms with van der Waals surface area (Å²) in [5.74, 6) is 1.07. The molecule has 0 radical (unpaired) electrons. The largest absolute Gasteiger partial charge is 0.483 e. The fraction of sp³-hybridized carbons (Fsp3) is 0.429. The van der Waals surface area contributed by atoms with E-state index in [0.29, 0.717) is 24.2 Å². The number of carbonyl (C=O) groups is 2. The van der Waals surface area contributed by atoms with E-state index in [1.165, 1.54) is 28.1 Å². The molecule has 0 unspecified atom stereocenters. The highest BCUT2D eigenvalue weighted by Gasteiger charge is 2.31. The van der Waals surface area contributed by atoms with Gasteiger partial charge in [-0.2, -0.15) is 0 Å². The molecule has 1 aromatic carbocycles. The molecule has 0 fully saturated rings. The van der Waals surface area contributed by atoms with Gasteiger partial charge in [0.05, 0.1) is 26.3 Å². The number of aromatic amines is 1. The zero-order valence-corrected chi connectivity index (χ0v) is 25.5. The van der Waals surface area contributed by atoms with Gasteiger partial charge in [-0.1, -0.05) is 45.0 Å². The molecule has 2 atom stereocenters. The maximum absolute atomic E-state index is 13.6. The minimum atomic E-state index is -0.250. The van der Waals surface area contributed by atoms with Gasteiger partial charge in [0.1, 0.15) is 0 Å². The molecule has 7 heteroatoms. The van der Waals surface area contributed by atoms with E-state index >= 15 is 0 Å². The fourth-order valence-corrected chi connectivity index (χ4v) is 6.07. The number of pyridine rings is 2. The number of quaternary nitrogens is 1. The number of rotatable bonds is 8. The van der Waals surface area contributed by atoms with Gasteiger partial charge >= 0.3 is 0 Å². The van der Waals surface area contributed by atoms with Gasteiger partial charge in [-0.05, 0) is 82.5 Å². The third-order valence-corrected chi connectivity index (χ3v) is 8.69. The van der Waals surface area contributed by atoms with E-state index in [4.69, 9.17) is 14.9 Å². The van der Waals surface area contributed by atoms with Gasteiger partial charge in [-0.15, -0.1) is 0 Å². The van der Waals surface area contributed by atoms with Crippen LogP contribution in [-0.2, 0) is 28.9 Å². The number of nitrogens with zero attached hydrogens (tertiary/aromatic N) is 1. The average Bonchev–Trinajstić information content (AvgIpc) is 3.37. The van der Waals surface area contributed by atoms with Crippen molar-refractivity contribution in [2.45, 2.75) is 65.2 Å². The van der Waals surface area contributed by atoms with Crippen molar-refractivity contribution < 1.29 is 19.6 Å². The molecule has 2 aromatic heterocycles. The van der Waals surface area contributed by atoms with Crippen molar-refractivity contribution in [3.05, 3.63) is 92.7 Å². The smallest absolute Gasteiger partial charge is 0.290 e. The molecule has 0 saturated heterocycles. The van der Waals surface area contributed by atoms with Gasteiger partial charge in [0.15, 0.2) is 5.78 Å². The van der Waals surface area contributed by atoms with Crippen molar-refractivity contribution in [2.75, 3.05) is 20.6 Å². The number of allylic oxidation sites excluding steroid dienone is 1. The van der Waals surface area contributed by atoms with Gasteiger partial charge in [-0.3, -0.25) is 19.4 Å². The third-order valence-electron chi connectivity index (χ3n) is 8.69. The predicted molar refractivity (Wildman–Crippen MR) is 167 cm³/mol. The molecule has 2 heterocycles. The molecule has 5 rings (SSSR count). The molecule has 3 aromatic rings. The molecule has 0 saturated carbocycles. The van der Waals surface area contributed by atoms with Crippen molar-refractivity contribution in [3.8, 4) is 11.1 Å². The topological polar surface area (TPSA) is 105 Å². The van der Waals surface area contributed by atoms with Crippen LogP contribution in [0, 0.1) is 11.3 Å². The van der Waals surface area contributed by atoms with E-state index in [2.05, 4.69) is 76.3 Å². The Balaban J connectivity index is 0.00000129. The van der Waals surface area contributed by atoms with Gasteiger partial charge in [0, 0.05) is 42.8 Å². The number of carbonyl (C=O) groups excluding carboxylic acids is 1. The summed E-state index contributed by atoms with van der Waals surface area (Å²) < 4.78 is 0. The van der Waals surface area contributed by atoms with Crippen LogP contribution in [-0.4, -0.2) is 48.0 Å². The van der Waals surface area contributed by atoms with Crippen molar-refractivity contribution in [1.29, 1.82) is 0 Å². The lowest BCUT2D eigenvalue weighted by molar-refractivity contribution is -0.858. The summed E-state index contributed by atoms with van der Waals surface area (Å²) in [5, 5.41) is 6.89. The maximum atomic E-state index is 13.6. The Morgan fingerprint density at radius 1 is 1.12 bits per heavy atom. The first-order chi connectivity index (χ1) is 20.0. The number of carboxylic acid groups (broad SMARTS) is 1. The quantitative estimate of drug-likeness (QED) is 0.346. The number of ketones is 1. The van der Waals surface area contributed by atoms with Crippen LogP contribution in [0.5, 0.6) is 0 Å². The van der Waals surface area contributed by atoms with E-state index in [0.717, 1.165) is 53.8 Å². The van der Waals surface area contributed by atoms with Crippen molar-refractivity contribution in [2.24, 2.45) is 11.3 Å². The first kappa shape index (κ1) is 31.1. The molecule has 3 N–H and O–H groups in total. The van der Waals surface area contributed by atoms with E-state index in [9.17, 15) is 9.59 Å². The molecule has 0 amide bonds. The van der Waals surface area contributed by atoms with Crippen LogP contribution in [0.15, 0.2) is 59.0 Å². The highest BCUT2D eigenvalue weighted by atomic mass is 16.3. The summed E-state index contributed by atoms with van der Waals surface area (Å²) in [6.07, 6.45) is 9.29. The number of aromatic nitrogens is 2. The highest BCUT2D eigenvalue weighted by molar-refractivity contribution is 6.02. The molecule has 0 spiro atoms. The van der Waals surface area contributed by atoms with E-state index < -0.39 is 0 Å². The number of aryl methyl sites for hydroxylation is 1. The second-order valence-electron chi connectivity index (χ2n) is 13.0. The Morgan fingerprint density at radius 2 is 1.81 bits per heavy atom. The molecule has 2 aliphatic rings. The number of H-pyrrole nitrogens is 1. The molecule has 222 valence electrons. The minimum Gasteiger partial charge on any atom is -0.483 e. The van der Waals surface area contributed by atoms with Gasteiger partial charge in [0.25, 0.3) is 6.47 Å². The maximum Gasteiger partial charge on any atom is 0.290 e. The van der Waals surface area contributed by atoms with Crippen molar-refractivity contribution in [1.82, 2.24) is 9.97 Å². The molecular weight excluding hydrogens is 526 g/mol.